The van der Waals surface area contributed by atoms with Crippen molar-refractivity contribution >= 4 is 27.6 Å². The second-order valence-electron chi connectivity index (χ2n) is 4.48. The van der Waals surface area contributed by atoms with Crippen LogP contribution in [0, 0.1) is 11.3 Å². The minimum Gasteiger partial charge on any atom is -0.468 e. The zero-order valence-corrected chi connectivity index (χ0v) is 13.4. The van der Waals surface area contributed by atoms with Crippen molar-refractivity contribution in [3.63, 3.8) is 0 Å². The predicted molar refractivity (Wildman–Crippen MR) is 77.2 cm³/mol. The fourth-order valence-electron chi connectivity index (χ4n) is 1.63. The molecule has 0 radical (unpaired) electrons. The van der Waals surface area contributed by atoms with E-state index in [1.165, 1.54) is 25.3 Å². The molecule has 0 aromatic heterocycles. The maximum Gasteiger partial charge on any atom is 0.321 e. The summed E-state index contributed by atoms with van der Waals surface area (Å²) in [4.78, 5) is 11.2. The SMILES string of the molecule is COC(=O)CN(C(C)C)S(=O)(=O)c1cc(C#N)ccc1Cl. The molecule has 0 aliphatic carbocycles. The van der Waals surface area contributed by atoms with Gasteiger partial charge in [0.25, 0.3) is 0 Å². The number of nitriles is 1. The lowest BCUT2D eigenvalue weighted by Gasteiger charge is -2.25. The van der Waals surface area contributed by atoms with Crippen molar-refractivity contribution in [2.45, 2.75) is 24.8 Å². The monoisotopic (exact) mass is 330 g/mol. The van der Waals surface area contributed by atoms with Gasteiger partial charge in [-0.05, 0) is 32.0 Å². The summed E-state index contributed by atoms with van der Waals surface area (Å²) in [5.41, 5.74) is 0.166. The van der Waals surface area contributed by atoms with Gasteiger partial charge in [0.15, 0.2) is 0 Å². The van der Waals surface area contributed by atoms with Gasteiger partial charge in [0, 0.05) is 6.04 Å². The third kappa shape index (κ3) is 3.94. The van der Waals surface area contributed by atoms with Gasteiger partial charge < -0.3 is 4.74 Å². The smallest absolute Gasteiger partial charge is 0.321 e. The van der Waals surface area contributed by atoms with E-state index in [-0.39, 0.29) is 15.5 Å². The van der Waals surface area contributed by atoms with Gasteiger partial charge in [-0.25, -0.2) is 8.42 Å². The van der Waals surface area contributed by atoms with Gasteiger partial charge in [0.05, 0.1) is 23.8 Å². The van der Waals surface area contributed by atoms with Gasteiger partial charge in [-0.15, -0.1) is 0 Å². The Bertz CT molecular complexity index is 680. The van der Waals surface area contributed by atoms with E-state index in [0.29, 0.717) is 0 Å². The number of esters is 1. The summed E-state index contributed by atoms with van der Waals surface area (Å²) in [5.74, 6) is -0.681. The van der Waals surface area contributed by atoms with Crippen LogP contribution < -0.4 is 0 Å². The summed E-state index contributed by atoms with van der Waals surface area (Å²) in [7, 11) is -2.84. The summed E-state index contributed by atoms with van der Waals surface area (Å²) in [5, 5.41) is 8.86. The molecule has 0 heterocycles. The number of hydrogen-bond donors (Lipinski definition) is 0. The molecule has 1 aromatic carbocycles. The van der Waals surface area contributed by atoms with Crippen molar-refractivity contribution in [3.05, 3.63) is 28.8 Å². The highest BCUT2D eigenvalue weighted by molar-refractivity contribution is 7.89. The maximum atomic E-state index is 12.6. The zero-order valence-electron chi connectivity index (χ0n) is 11.8. The van der Waals surface area contributed by atoms with Crippen LogP contribution in [-0.2, 0) is 19.6 Å². The van der Waals surface area contributed by atoms with E-state index >= 15 is 0 Å². The molecule has 0 aliphatic heterocycles. The van der Waals surface area contributed by atoms with Crippen LogP contribution >= 0.6 is 11.6 Å². The van der Waals surface area contributed by atoms with Gasteiger partial charge in [-0.1, -0.05) is 11.6 Å². The predicted octanol–water partition coefficient (Wildman–Crippen LogP) is 1.78. The van der Waals surface area contributed by atoms with Crippen molar-refractivity contribution in [3.8, 4) is 6.07 Å². The standard InChI is InChI=1S/C13H15ClN2O4S/c1-9(2)16(8-13(17)20-3)21(18,19)12-6-10(7-15)4-5-11(12)14/h4-6,9H,8H2,1-3H3. The number of ether oxygens (including phenoxy) is 1. The van der Waals surface area contributed by atoms with Gasteiger partial charge in [-0.3, -0.25) is 4.79 Å². The van der Waals surface area contributed by atoms with Crippen molar-refractivity contribution in [1.82, 2.24) is 4.31 Å². The second kappa shape index (κ2) is 6.89. The Morgan fingerprint density at radius 1 is 1.48 bits per heavy atom. The number of halogens is 1. The molecule has 6 nitrogen and oxygen atoms in total. The quantitative estimate of drug-likeness (QED) is 0.768. The Labute approximate surface area is 128 Å². The molecule has 0 N–H and O–H groups in total. The number of hydrogen-bond acceptors (Lipinski definition) is 5. The highest BCUT2D eigenvalue weighted by atomic mass is 35.5. The fourth-order valence-corrected chi connectivity index (χ4v) is 3.72. The van der Waals surface area contributed by atoms with E-state index in [1.807, 2.05) is 6.07 Å². The summed E-state index contributed by atoms with van der Waals surface area (Å²) in [6.45, 7) is 2.83. The summed E-state index contributed by atoms with van der Waals surface area (Å²) >= 11 is 5.93. The Kier molecular flexibility index (Phi) is 5.72. The van der Waals surface area contributed by atoms with Crippen LogP contribution in [0.1, 0.15) is 19.4 Å². The Balaban J connectivity index is 3.36. The topological polar surface area (TPSA) is 87.5 Å². The molecule has 0 atom stereocenters. The molecular weight excluding hydrogens is 316 g/mol. The lowest BCUT2D eigenvalue weighted by Crippen LogP contribution is -2.41. The third-order valence-corrected chi connectivity index (χ3v) is 5.24. The number of carbonyl (C=O) groups excluding carboxylic acids is 1. The van der Waals surface area contributed by atoms with Gasteiger partial charge in [0.2, 0.25) is 10.0 Å². The molecule has 1 rings (SSSR count). The number of sulfonamides is 1. The first-order valence-corrected chi connectivity index (χ1v) is 7.84. The fraction of sp³-hybridized carbons (Fsp3) is 0.385. The van der Waals surface area contributed by atoms with Crippen LogP contribution in [0.25, 0.3) is 0 Å². The molecule has 0 saturated carbocycles. The Hall–Kier alpha value is -1.62. The van der Waals surface area contributed by atoms with Crippen LogP contribution in [0.5, 0.6) is 0 Å². The van der Waals surface area contributed by atoms with Crippen molar-refractivity contribution in [1.29, 1.82) is 5.26 Å². The van der Waals surface area contributed by atoms with E-state index in [1.54, 1.807) is 13.8 Å². The molecule has 0 amide bonds. The highest BCUT2D eigenvalue weighted by Crippen LogP contribution is 2.26. The number of benzene rings is 1. The molecule has 0 saturated heterocycles. The number of rotatable bonds is 5. The Morgan fingerprint density at radius 2 is 2.10 bits per heavy atom. The summed E-state index contributed by atoms with van der Waals surface area (Å²) in [6.07, 6.45) is 0. The van der Waals surface area contributed by atoms with Crippen LogP contribution in [0.4, 0.5) is 0 Å². The van der Waals surface area contributed by atoms with E-state index < -0.39 is 28.6 Å². The average molecular weight is 331 g/mol. The minimum atomic E-state index is -4.02. The largest absolute Gasteiger partial charge is 0.468 e. The second-order valence-corrected chi connectivity index (χ2v) is 6.74. The molecule has 0 aliphatic rings. The molecule has 8 heteroatoms. The molecule has 0 bridgehead atoms. The molecule has 0 fully saturated rings. The van der Waals surface area contributed by atoms with Crippen molar-refractivity contribution in [2.75, 3.05) is 13.7 Å². The van der Waals surface area contributed by atoms with Crippen LogP contribution in [0.2, 0.25) is 5.02 Å². The maximum absolute atomic E-state index is 12.6. The molecular formula is C13H15ClN2O4S. The molecule has 114 valence electrons. The average Bonchev–Trinajstić information content (AvgIpc) is 2.44. The van der Waals surface area contributed by atoms with Crippen LogP contribution in [-0.4, -0.2) is 38.4 Å². The van der Waals surface area contributed by atoms with Crippen molar-refractivity contribution < 1.29 is 17.9 Å². The van der Waals surface area contributed by atoms with E-state index in [4.69, 9.17) is 16.9 Å². The summed E-state index contributed by atoms with van der Waals surface area (Å²) < 4.78 is 30.8. The van der Waals surface area contributed by atoms with E-state index in [0.717, 1.165) is 4.31 Å². The first-order chi connectivity index (χ1) is 9.73. The van der Waals surface area contributed by atoms with Crippen LogP contribution in [0.15, 0.2) is 23.1 Å². The van der Waals surface area contributed by atoms with E-state index in [2.05, 4.69) is 4.74 Å². The normalized spacial score (nSPS) is 11.5. The lowest BCUT2D eigenvalue weighted by atomic mass is 10.2. The third-order valence-electron chi connectivity index (χ3n) is 2.74. The first-order valence-electron chi connectivity index (χ1n) is 6.02. The molecule has 0 unspecified atom stereocenters. The highest BCUT2D eigenvalue weighted by Gasteiger charge is 2.31. The Morgan fingerprint density at radius 3 is 2.57 bits per heavy atom. The minimum absolute atomic E-state index is 0.00971. The number of nitrogens with zero attached hydrogens (tertiary/aromatic N) is 2. The van der Waals surface area contributed by atoms with Crippen molar-refractivity contribution in [2.24, 2.45) is 0 Å². The number of methoxy groups -OCH3 is 1. The molecule has 21 heavy (non-hydrogen) atoms. The summed E-state index contributed by atoms with van der Waals surface area (Å²) in [6, 6.07) is 5.32. The molecule has 0 spiro atoms. The lowest BCUT2D eigenvalue weighted by molar-refractivity contribution is -0.141. The molecule has 1 aromatic rings. The van der Waals surface area contributed by atoms with E-state index in [9.17, 15) is 13.2 Å². The van der Waals surface area contributed by atoms with Gasteiger partial charge >= 0.3 is 5.97 Å². The first kappa shape index (κ1) is 17.4. The zero-order chi connectivity index (χ0) is 16.2. The van der Waals surface area contributed by atoms with Gasteiger partial charge in [0.1, 0.15) is 11.4 Å². The van der Waals surface area contributed by atoms with Crippen LogP contribution in [0.3, 0.4) is 0 Å². The number of carbonyl (C=O) groups is 1. The van der Waals surface area contributed by atoms with Gasteiger partial charge in [-0.2, -0.15) is 9.57 Å².